The lowest BCUT2D eigenvalue weighted by Crippen LogP contribution is -2.34. The fraction of sp³-hybridized carbons (Fsp3) is 0.417. The molecule has 18 heavy (non-hydrogen) atoms. The quantitative estimate of drug-likeness (QED) is 0.870. The van der Waals surface area contributed by atoms with E-state index in [4.69, 9.17) is 5.11 Å². The maximum Gasteiger partial charge on any atom is 0.324 e. The normalized spacial score (nSPS) is 13.3. The minimum Gasteiger partial charge on any atom is -0.480 e. The highest BCUT2D eigenvalue weighted by molar-refractivity contribution is 7.92. The fourth-order valence-corrected chi connectivity index (χ4v) is 3.37. The van der Waals surface area contributed by atoms with E-state index in [-0.39, 0.29) is 11.5 Å². The predicted molar refractivity (Wildman–Crippen MR) is 66.4 cm³/mol. The highest BCUT2D eigenvalue weighted by Gasteiger charge is 2.35. The second kappa shape index (κ2) is 5.49. The van der Waals surface area contributed by atoms with E-state index in [1.807, 2.05) is 0 Å². The number of sulfone groups is 1. The van der Waals surface area contributed by atoms with E-state index >= 15 is 0 Å². The third-order valence-corrected chi connectivity index (χ3v) is 4.76. The lowest BCUT2D eigenvalue weighted by molar-refractivity contribution is -0.137. The van der Waals surface area contributed by atoms with Crippen LogP contribution in [0.4, 0.5) is 0 Å². The van der Waals surface area contributed by atoms with Crippen molar-refractivity contribution < 1.29 is 23.1 Å². The summed E-state index contributed by atoms with van der Waals surface area (Å²) in [6.07, 6.45) is 0. The molecule has 0 saturated heterocycles. The van der Waals surface area contributed by atoms with Crippen LogP contribution < -0.4 is 0 Å². The molecular weight excluding hydrogens is 256 g/mol. The van der Waals surface area contributed by atoms with Gasteiger partial charge in [0.05, 0.1) is 11.5 Å². The highest BCUT2D eigenvalue weighted by Crippen LogP contribution is 2.22. The Bertz CT molecular complexity index is 548. The van der Waals surface area contributed by atoms with E-state index in [2.05, 4.69) is 4.74 Å². The molecule has 0 fully saturated rings. The number of rotatable bonds is 5. The van der Waals surface area contributed by atoms with Crippen molar-refractivity contribution in [1.29, 1.82) is 0 Å². The number of hydrogen-bond donors (Lipinski definition) is 1. The summed E-state index contributed by atoms with van der Waals surface area (Å²) in [5.41, 5.74) is 1.30. The van der Waals surface area contributed by atoms with Crippen LogP contribution >= 0.6 is 0 Å². The molecule has 1 rings (SSSR count). The smallest absolute Gasteiger partial charge is 0.324 e. The molecule has 1 unspecified atom stereocenters. The lowest BCUT2D eigenvalue weighted by Gasteiger charge is -2.14. The molecular formula is C12H16O5S. The number of aryl methyl sites for hydroxylation is 2. The first-order valence-electron chi connectivity index (χ1n) is 5.33. The predicted octanol–water partition coefficient (Wildman–Crippen LogP) is 1.18. The van der Waals surface area contributed by atoms with Crippen LogP contribution in [0.3, 0.4) is 0 Å². The van der Waals surface area contributed by atoms with Gasteiger partial charge in [-0.3, -0.25) is 4.79 Å². The molecule has 1 N–H and O–H groups in total. The Morgan fingerprint density at radius 2 is 2.00 bits per heavy atom. The van der Waals surface area contributed by atoms with Crippen LogP contribution in [-0.4, -0.2) is 38.5 Å². The second-order valence-electron chi connectivity index (χ2n) is 4.10. The number of carboxylic acid groups (broad SMARTS) is 1. The summed E-state index contributed by atoms with van der Waals surface area (Å²) in [6.45, 7) is 3.02. The molecule has 0 aliphatic rings. The summed E-state index contributed by atoms with van der Waals surface area (Å²) in [7, 11) is -2.67. The van der Waals surface area contributed by atoms with Crippen LogP contribution in [0.2, 0.25) is 0 Å². The lowest BCUT2D eigenvalue weighted by atomic mass is 10.2. The van der Waals surface area contributed by atoms with Crippen LogP contribution in [0, 0.1) is 13.8 Å². The van der Waals surface area contributed by atoms with Crippen LogP contribution in [0.15, 0.2) is 23.1 Å². The number of benzene rings is 1. The van der Waals surface area contributed by atoms with Crippen molar-refractivity contribution in [2.75, 3.05) is 13.7 Å². The molecule has 0 bridgehead atoms. The zero-order chi connectivity index (χ0) is 13.9. The topological polar surface area (TPSA) is 80.7 Å². The SMILES string of the molecule is COCC(C(=O)O)S(=O)(=O)c1cc(C)ccc1C. The zero-order valence-corrected chi connectivity index (χ0v) is 11.3. The van der Waals surface area contributed by atoms with E-state index in [0.717, 1.165) is 5.56 Å². The van der Waals surface area contributed by atoms with Gasteiger partial charge in [0.1, 0.15) is 0 Å². The maximum atomic E-state index is 12.3. The van der Waals surface area contributed by atoms with Gasteiger partial charge in [-0.05, 0) is 31.0 Å². The number of carbonyl (C=O) groups is 1. The monoisotopic (exact) mass is 272 g/mol. The largest absolute Gasteiger partial charge is 0.480 e. The Kier molecular flexibility index (Phi) is 4.48. The molecule has 100 valence electrons. The van der Waals surface area contributed by atoms with Gasteiger partial charge in [-0.25, -0.2) is 8.42 Å². The molecule has 0 radical (unpaired) electrons. The molecule has 0 spiro atoms. The van der Waals surface area contributed by atoms with Gasteiger partial charge in [-0.2, -0.15) is 0 Å². The Labute approximate surface area is 106 Å². The second-order valence-corrected chi connectivity index (χ2v) is 6.20. The van der Waals surface area contributed by atoms with Crippen molar-refractivity contribution >= 4 is 15.8 Å². The standard InChI is InChI=1S/C12H16O5S/c1-8-4-5-9(2)10(6-8)18(15,16)11(7-17-3)12(13)14/h4-6,11H,7H2,1-3H3,(H,13,14). The van der Waals surface area contributed by atoms with Crippen molar-refractivity contribution in [2.24, 2.45) is 0 Å². The first-order chi connectivity index (χ1) is 8.30. The van der Waals surface area contributed by atoms with Crippen LogP contribution in [0.25, 0.3) is 0 Å². The molecule has 0 amide bonds. The van der Waals surface area contributed by atoms with Gasteiger partial charge >= 0.3 is 5.97 Å². The Morgan fingerprint density at radius 3 is 2.50 bits per heavy atom. The molecule has 0 aliphatic heterocycles. The fourth-order valence-electron chi connectivity index (χ4n) is 1.61. The van der Waals surface area contributed by atoms with Crippen molar-refractivity contribution in [1.82, 2.24) is 0 Å². The molecule has 5 nitrogen and oxygen atoms in total. The Balaban J connectivity index is 3.35. The average Bonchev–Trinajstić information content (AvgIpc) is 2.28. The Morgan fingerprint density at radius 1 is 1.39 bits per heavy atom. The maximum absolute atomic E-state index is 12.3. The van der Waals surface area contributed by atoms with Gasteiger partial charge in [-0.15, -0.1) is 0 Å². The zero-order valence-electron chi connectivity index (χ0n) is 10.5. The van der Waals surface area contributed by atoms with Crippen LogP contribution in [0.1, 0.15) is 11.1 Å². The molecule has 0 aromatic heterocycles. The first kappa shape index (κ1) is 14.7. The summed E-state index contributed by atoms with van der Waals surface area (Å²) in [4.78, 5) is 11.1. The molecule has 6 heteroatoms. The Hall–Kier alpha value is -1.40. The van der Waals surface area contributed by atoms with Crippen molar-refractivity contribution in [3.8, 4) is 0 Å². The van der Waals surface area contributed by atoms with Crippen molar-refractivity contribution in [2.45, 2.75) is 24.0 Å². The average molecular weight is 272 g/mol. The number of aliphatic carboxylic acids is 1. The van der Waals surface area contributed by atoms with Gasteiger partial charge in [-0.1, -0.05) is 12.1 Å². The third-order valence-electron chi connectivity index (χ3n) is 2.62. The van der Waals surface area contributed by atoms with E-state index in [1.54, 1.807) is 26.0 Å². The summed E-state index contributed by atoms with van der Waals surface area (Å²) in [6, 6.07) is 4.92. The number of carboxylic acids is 1. The molecule has 0 aliphatic carbocycles. The highest BCUT2D eigenvalue weighted by atomic mass is 32.2. The van der Waals surface area contributed by atoms with Gasteiger partial charge < -0.3 is 9.84 Å². The molecule has 1 atom stereocenters. The van der Waals surface area contributed by atoms with Crippen LogP contribution in [0.5, 0.6) is 0 Å². The van der Waals surface area contributed by atoms with Crippen molar-refractivity contribution in [3.05, 3.63) is 29.3 Å². The van der Waals surface area contributed by atoms with E-state index in [0.29, 0.717) is 5.56 Å². The minimum absolute atomic E-state index is 0.0481. The van der Waals surface area contributed by atoms with E-state index in [1.165, 1.54) is 13.2 Å². The van der Waals surface area contributed by atoms with E-state index in [9.17, 15) is 13.2 Å². The summed E-state index contributed by atoms with van der Waals surface area (Å²) in [5, 5.41) is 7.42. The van der Waals surface area contributed by atoms with Gasteiger partial charge in [0.15, 0.2) is 15.1 Å². The summed E-state index contributed by atoms with van der Waals surface area (Å²) < 4.78 is 29.2. The van der Waals surface area contributed by atoms with E-state index < -0.39 is 21.1 Å². The minimum atomic E-state index is -3.94. The molecule has 0 saturated carbocycles. The number of ether oxygens (including phenoxy) is 1. The van der Waals surface area contributed by atoms with Gasteiger partial charge in [0.2, 0.25) is 0 Å². The van der Waals surface area contributed by atoms with Crippen LogP contribution in [-0.2, 0) is 19.4 Å². The first-order valence-corrected chi connectivity index (χ1v) is 6.88. The summed E-state index contributed by atoms with van der Waals surface area (Å²) >= 11 is 0. The van der Waals surface area contributed by atoms with Crippen molar-refractivity contribution in [3.63, 3.8) is 0 Å². The third kappa shape index (κ3) is 2.88. The number of methoxy groups -OCH3 is 1. The van der Waals surface area contributed by atoms with Gasteiger partial charge in [0, 0.05) is 7.11 Å². The molecule has 1 aromatic carbocycles. The molecule has 1 aromatic rings. The summed E-state index contributed by atoms with van der Waals surface area (Å²) in [5.74, 6) is -1.40. The molecule has 0 heterocycles. The number of hydrogen-bond acceptors (Lipinski definition) is 4. The van der Waals surface area contributed by atoms with Gasteiger partial charge in [0.25, 0.3) is 0 Å².